The summed E-state index contributed by atoms with van der Waals surface area (Å²) in [7, 11) is 0. The number of nitrogens with zero attached hydrogens (tertiary/aromatic N) is 2. The lowest BCUT2D eigenvalue weighted by atomic mass is 9.98. The summed E-state index contributed by atoms with van der Waals surface area (Å²) in [5.41, 5.74) is 10.1. The van der Waals surface area contributed by atoms with Gasteiger partial charge < -0.3 is 4.74 Å². The Morgan fingerprint density at radius 3 is 2.62 bits per heavy atom. The minimum Gasteiger partial charge on any atom is -0.469 e. The molecular formula is C15H9ClFN2OS. The zero-order chi connectivity index (χ0) is 14.8. The zero-order valence-corrected chi connectivity index (χ0v) is 12.2. The first-order valence-electron chi connectivity index (χ1n) is 6.10. The van der Waals surface area contributed by atoms with Crippen LogP contribution in [0.25, 0.3) is 11.1 Å². The van der Waals surface area contributed by atoms with E-state index in [1.807, 2.05) is 11.4 Å². The maximum absolute atomic E-state index is 14.8. The van der Waals surface area contributed by atoms with Crippen LogP contribution < -0.4 is 5.53 Å². The third-order valence-corrected chi connectivity index (χ3v) is 4.24. The molecule has 0 saturated carbocycles. The van der Waals surface area contributed by atoms with Crippen molar-refractivity contribution in [3.8, 4) is 0 Å². The summed E-state index contributed by atoms with van der Waals surface area (Å²) >= 11 is 7.25. The van der Waals surface area contributed by atoms with E-state index in [1.165, 1.54) is 17.6 Å². The zero-order valence-electron chi connectivity index (χ0n) is 10.7. The number of hydrogen-bond donors (Lipinski definition) is 0. The van der Waals surface area contributed by atoms with Crippen LogP contribution in [0.4, 0.5) is 4.39 Å². The molecule has 0 saturated heterocycles. The average Bonchev–Trinajstić information content (AvgIpc) is 3.02. The highest BCUT2D eigenvalue weighted by atomic mass is 35.5. The number of halogens is 2. The van der Waals surface area contributed by atoms with Crippen LogP contribution in [0, 0.1) is 0 Å². The highest BCUT2D eigenvalue weighted by Gasteiger charge is 2.28. The lowest BCUT2D eigenvalue weighted by Crippen LogP contribution is -2.15. The first-order valence-corrected chi connectivity index (χ1v) is 7.36. The van der Waals surface area contributed by atoms with E-state index in [2.05, 4.69) is 5.11 Å². The Balaban J connectivity index is 2.11. The van der Waals surface area contributed by atoms with Gasteiger partial charge in [0.05, 0.1) is 17.4 Å². The van der Waals surface area contributed by atoms with Gasteiger partial charge in [0.2, 0.25) is 6.23 Å². The van der Waals surface area contributed by atoms with E-state index >= 15 is 0 Å². The van der Waals surface area contributed by atoms with Crippen LogP contribution >= 0.6 is 22.9 Å². The van der Waals surface area contributed by atoms with Gasteiger partial charge in [-0.2, -0.15) is 0 Å². The molecule has 1 radical (unpaired) electrons. The first kappa shape index (κ1) is 14.0. The normalized spacial score (nSPS) is 18.2. The molecule has 2 heterocycles. The van der Waals surface area contributed by atoms with Crippen molar-refractivity contribution in [1.82, 2.24) is 5.53 Å². The van der Waals surface area contributed by atoms with E-state index in [0.717, 1.165) is 4.88 Å². The van der Waals surface area contributed by atoms with E-state index in [4.69, 9.17) is 21.9 Å². The number of rotatable bonds is 3. The average molecular weight is 320 g/mol. The van der Waals surface area contributed by atoms with Crippen molar-refractivity contribution in [2.24, 2.45) is 5.11 Å². The fourth-order valence-electron chi connectivity index (χ4n) is 2.09. The Hall–Kier alpha value is -1.98. The number of thiophene rings is 1. The van der Waals surface area contributed by atoms with Gasteiger partial charge in [0.1, 0.15) is 5.83 Å². The molecule has 6 heteroatoms. The molecule has 105 valence electrons. The van der Waals surface area contributed by atoms with Gasteiger partial charge in [0.15, 0.2) is 0 Å². The summed E-state index contributed by atoms with van der Waals surface area (Å²) in [5.74, 6) is -0.464. The van der Waals surface area contributed by atoms with Gasteiger partial charge >= 0.3 is 0 Å². The SMILES string of the molecule is [N]=NC1OC=C(c2cccs2)C(F)=C1c1ccc(Cl)cc1. The first-order chi connectivity index (χ1) is 10.2. The monoisotopic (exact) mass is 319 g/mol. The Kier molecular flexibility index (Phi) is 3.86. The second-order valence-corrected chi connectivity index (χ2v) is 5.73. The molecular weight excluding hydrogens is 311 g/mol. The van der Waals surface area contributed by atoms with Crippen molar-refractivity contribution in [3.05, 3.63) is 69.3 Å². The largest absolute Gasteiger partial charge is 0.469 e. The molecule has 2 aromatic rings. The van der Waals surface area contributed by atoms with Crippen LogP contribution in [0.2, 0.25) is 5.02 Å². The van der Waals surface area contributed by atoms with E-state index in [-0.39, 0.29) is 5.57 Å². The summed E-state index contributed by atoms with van der Waals surface area (Å²) in [6, 6.07) is 10.3. The molecule has 1 aliphatic heterocycles. The third-order valence-electron chi connectivity index (χ3n) is 3.08. The summed E-state index contributed by atoms with van der Waals surface area (Å²) < 4.78 is 20.2. The summed E-state index contributed by atoms with van der Waals surface area (Å²) in [6.07, 6.45) is 0.195. The lowest BCUT2D eigenvalue weighted by molar-refractivity contribution is 0.192. The topological polar surface area (TPSA) is 43.9 Å². The second kappa shape index (κ2) is 5.79. The Morgan fingerprint density at radius 1 is 1.24 bits per heavy atom. The molecule has 0 aliphatic carbocycles. The van der Waals surface area contributed by atoms with E-state index in [0.29, 0.717) is 16.2 Å². The molecule has 1 aromatic carbocycles. The van der Waals surface area contributed by atoms with Gasteiger partial charge in [-0.3, -0.25) is 0 Å². The van der Waals surface area contributed by atoms with Crippen molar-refractivity contribution < 1.29 is 9.13 Å². The molecule has 3 nitrogen and oxygen atoms in total. The molecule has 1 aromatic heterocycles. The third kappa shape index (κ3) is 2.62. The van der Waals surface area contributed by atoms with Crippen molar-refractivity contribution in [3.63, 3.8) is 0 Å². The van der Waals surface area contributed by atoms with Crippen molar-refractivity contribution in [2.75, 3.05) is 0 Å². The lowest BCUT2D eigenvalue weighted by Gasteiger charge is -2.21. The molecule has 0 spiro atoms. The summed E-state index contributed by atoms with van der Waals surface area (Å²) in [4.78, 5) is 0.746. The summed E-state index contributed by atoms with van der Waals surface area (Å²) in [5, 5.41) is 5.50. The number of benzene rings is 1. The van der Waals surface area contributed by atoms with Crippen molar-refractivity contribution >= 4 is 34.1 Å². The van der Waals surface area contributed by atoms with Gasteiger partial charge in [0, 0.05) is 9.90 Å². The molecule has 0 fully saturated rings. The Bertz CT molecular complexity index is 723. The molecule has 21 heavy (non-hydrogen) atoms. The molecule has 3 rings (SSSR count). The Labute approximate surface area is 129 Å². The van der Waals surface area contributed by atoms with Crippen molar-refractivity contribution in [2.45, 2.75) is 6.23 Å². The molecule has 1 unspecified atom stereocenters. The van der Waals surface area contributed by atoms with E-state index in [9.17, 15) is 4.39 Å². The molecule has 0 bridgehead atoms. The number of ether oxygens (including phenoxy) is 1. The van der Waals surface area contributed by atoms with Crippen LogP contribution in [0.1, 0.15) is 10.4 Å². The van der Waals surface area contributed by atoms with Crippen LogP contribution in [-0.4, -0.2) is 6.23 Å². The van der Waals surface area contributed by atoms with Crippen LogP contribution in [0.15, 0.2) is 59.0 Å². The maximum Gasteiger partial charge on any atom is 0.239 e. The van der Waals surface area contributed by atoms with Gasteiger partial charge in [-0.05, 0) is 34.7 Å². The molecule has 1 atom stereocenters. The van der Waals surface area contributed by atoms with Crippen LogP contribution in [0.5, 0.6) is 0 Å². The highest BCUT2D eigenvalue weighted by Crippen LogP contribution is 2.39. The minimum absolute atomic E-state index is 0.181. The predicted octanol–water partition coefficient (Wildman–Crippen LogP) is 4.73. The van der Waals surface area contributed by atoms with Gasteiger partial charge in [-0.1, -0.05) is 29.8 Å². The smallest absolute Gasteiger partial charge is 0.239 e. The maximum atomic E-state index is 14.8. The molecule has 0 amide bonds. The van der Waals surface area contributed by atoms with Gasteiger partial charge in [-0.25, -0.2) is 4.39 Å². The highest BCUT2D eigenvalue weighted by molar-refractivity contribution is 7.11. The molecule has 1 aliphatic rings. The van der Waals surface area contributed by atoms with Gasteiger partial charge in [0.25, 0.3) is 0 Å². The minimum atomic E-state index is -1.09. The van der Waals surface area contributed by atoms with Crippen LogP contribution in [-0.2, 0) is 4.74 Å². The Morgan fingerprint density at radius 2 is 2.00 bits per heavy atom. The van der Waals surface area contributed by atoms with Crippen LogP contribution in [0.3, 0.4) is 0 Å². The predicted molar refractivity (Wildman–Crippen MR) is 81.2 cm³/mol. The van der Waals surface area contributed by atoms with Gasteiger partial charge in [-0.15, -0.1) is 16.5 Å². The molecule has 0 N–H and O–H groups in total. The fourth-order valence-corrected chi connectivity index (χ4v) is 2.94. The quantitative estimate of drug-likeness (QED) is 0.754. The van der Waals surface area contributed by atoms with E-state index in [1.54, 1.807) is 30.3 Å². The fraction of sp³-hybridized carbons (Fsp3) is 0.0667. The standard InChI is InChI=1S/C15H9ClFN2OS/c16-10-5-3-9(4-6-10)13-14(17)11(8-20-15(13)19-18)12-2-1-7-21-12/h1-8,15H. The number of allylic oxidation sites excluding steroid dienone is 2. The second-order valence-electron chi connectivity index (χ2n) is 4.35. The number of hydrogen-bond acceptors (Lipinski definition) is 3. The summed E-state index contributed by atoms with van der Waals surface area (Å²) in [6.45, 7) is 0. The van der Waals surface area contributed by atoms with E-state index < -0.39 is 12.1 Å². The van der Waals surface area contributed by atoms with Crippen molar-refractivity contribution in [1.29, 1.82) is 0 Å².